The first-order valence-corrected chi connectivity index (χ1v) is 9.93. The molecule has 2 N–H and O–H groups in total. The molecule has 1 aromatic carbocycles. The van der Waals surface area contributed by atoms with Crippen LogP contribution < -0.4 is 10.0 Å². The van der Waals surface area contributed by atoms with Crippen molar-refractivity contribution < 1.29 is 13.2 Å². The molecule has 0 spiro atoms. The van der Waals surface area contributed by atoms with Crippen molar-refractivity contribution in [3.63, 3.8) is 0 Å². The Labute approximate surface area is 142 Å². The van der Waals surface area contributed by atoms with Gasteiger partial charge in [0.25, 0.3) is 10.0 Å². The number of aliphatic imine (C=N–C) groups is 1. The molecule has 1 fully saturated rings. The minimum absolute atomic E-state index is 0.170. The Morgan fingerprint density at radius 3 is 2.75 bits per heavy atom. The third-order valence-electron chi connectivity index (χ3n) is 4.65. The van der Waals surface area contributed by atoms with Gasteiger partial charge in [-0.15, -0.1) is 0 Å². The van der Waals surface area contributed by atoms with Gasteiger partial charge in [-0.2, -0.15) is 0 Å². The number of nitrogens with one attached hydrogen (secondary N) is 2. The third kappa shape index (κ3) is 3.61. The maximum atomic E-state index is 12.3. The fourth-order valence-corrected chi connectivity index (χ4v) is 4.51. The molecule has 0 aromatic heterocycles. The summed E-state index contributed by atoms with van der Waals surface area (Å²) in [5.41, 5.74) is 0.518. The summed E-state index contributed by atoms with van der Waals surface area (Å²) >= 11 is 0. The summed E-state index contributed by atoms with van der Waals surface area (Å²) in [7, 11) is -3.57. The van der Waals surface area contributed by atoms with Crippen molar-refractivity contribution in [2.75, 3.05) is 6.54 Å². The molecule has 6 nitrogen and oxygen atoms in total. The van der Waals surface area contributed by atoms with Crippen LogP contribution in [0.1, 0.15) is 44.6 Å². The molecule has 1 amide bonds. The lowest BCUT2D eigenvalue weighted by Gasteiger charge is -2.22. The van der Waals surface area contributed by atoms with Gasteiger partial charge in [0.1, 0.15) is 11.9 Å². The zero-order valence-corrected chi connectivity index (χ0v) is 14.6. The molecule has 24 heavy (non-hydrogen) atoms. The van der Waals surface area contributed by atoms with Crippen LogP contribution in [0.25, 0.3) is 0 Å². The lowest BCUT2D eigenvalue weighted by Crippen LogP contribution is -2.37. The molecular weight excluding hydrogens is 326 g/mol. The minimum atomic E-state index is -3.57. The lowest BCUT2D eigenvalue weighted by atomic mass is 9.89. The maximum Gasteiger partial charge on any atom is 0.263 e. The predicted molar refractivity (Wildman–Crippen MR) is 92.3 cm³/mol. The number of benzene rings is 1. The van der Waals surface area contributed by atoms with Crippen LogP contribution in [0.15, 0.2) is 34.2 Å². The normalized spacial score (nSPS) is 22.6. The second-order valence-corrected chi connectivity index (χ2v) is 8.16. The molecule has 2 aliphatic rings. The fourth-order valence-electron chi connectivity index (χ4n) is 3.27. The van der Waals surface area contributed by atoms with Gasteiger partial charge in [0.05, 0.1) is 4.90 Å². The van der Waals surface area contributed by atoms with Gasteiger partial charge in [-0.05, 0) is 37.8 Å². The Kier molecular flexibility index (Phi) is 4.89. The maximum absolute atomic E-state index is 12.3. The van der Waals surface area contributed by atoms with Crippen molar-refractivity contribution in [2.45, 2.75) is 50.0 Å². The largest absolute Gasteiger partial charge is 0.354 e. The molecule has 0 saturated heterocycles. The number of rotatable bonds is 4. The number of amidine groups is 1. The SMILES string of the molecule is C[C@@H](N=C1NS(=O)(=O)c2ccccc21)C(=O)NCC1CCCCC1. The number of sulfonamides is 1. The van der Waals surface area contributed by atoms with Crippen LogP contribution in [-0.4, -0.2) is 32.7 Å². The smallest absolute Gasteiger partial charge is 0.263 e. The lowest BCUT2D eigenvalue weighted by molar-refractivity contribution is -0.122. The van der Waals surface area contributed by atoms with Gasteiger partial charge >= 0.3 is 0 Å². The first kappa shape index (κ1) is 17.0. The first-order chi connectivity index (χ1) is 11.5. The quantitative estimate of drug-likeness (QED) is 0.869. The summed E-state index contributed by atoms with van der Waals surface area (Å²) in [5, 5.41) is 2.95. The van der Waals surface area contributed by atoms with E-state index in [1.165, 1.54) is 25.3 Å². The molecule has 1 aliphatic heterocycles. The standard InChI is InChI=1S/C17H23N3O3S/c1-12(17(21)18-11-13-7-3-2-4-8-13)19-16-14-9-5-6-10-15(14)24(22,23)20-16/h5-6,9-10,12-13H,2-4,7-8,11H2,1H3,(H,18,21)(H,19,20)/t12-/m1/s1. The van der Waals surface area contributed by atoms with E-state index >= 15 is 0 Å². The van der Waals surface area contributed by atoms with Crippen LogP contribution in [0.2, 0.25) is 0 Å². The van der Waals surface area contributed by atoms with Crippen LogP contribution >= 0.6 is 0 Å². The molecular formula is C17H23N3O3S. The van der Waals surface area contributed by atoms with Crippen molar-refractivity contribution in [1.82, 2.24) is 10.0 Å². The monoisotopic (exact) mass is 349 g/mol. The molecule has 0 bridgehead atoms. The molecule has 7 heteroatoms. The Morgan fingerprint density at radius 2 is 2.00 bits per heavy atom. The van der Waals surface area contributed by atoms with Crippen LogP contribution in [-0.2, 0) is 14.8 Å². The van der Waals surface area contributed by atoms with E-state index in [0.717, 1.165) is 12.8 Å². The van der Waals surface area contributed by atoms with Gasteiger partial charge in [-0.3, -0.25) is 14.5 Å². The summed E-state index contributed by atoms with van der Waals surface area (Å²) < 4.78 is 26.5. The van der Waals surface area contributed by atoms with E-state index in [2.05, 4.69) is 15.0 Å². The van der Waals surface area contributed by atoms with Gasteiger partial charge in [0.2, 0.25) is 5.91 Å². The number of amides is 1. The highest BCUT2D eigenvalue weighted by Crippen LogP contribution is 2.23. The van der Waals surface area contributed by atoms with Crippen LogP contribution in [0, 0.1) is 5.92 Å². The van der Waals surface area contributed by atoms with Crippen LogP contribution in [0.5, 0.6) is 0 Å². The van der Waals surface area contributed by atoms with Crippen molar-refractivity contribution in [3.05, 3.63) is 29.8 Å². The van der Waals surface area contributed by atoms with Gasteiger partial charge in [0, 0.05) is 12.1 Å². The molecule has 0 unspecified atom stereocenters. The second kappa shape index (κ2) is 6.93. The van der Waals surface area contributed by atoms with Crippen LogP contribution in [0.4, 0.5) is 0 Å². The number of hydrogen-bond donors (Lipinski definition) is 2. The van der Waals surface area contributed by atoms with Crippen molar-refractivity contribution in [1.29, 1.82) is 0 Å². The molecule has 1 aromatic rings. The predicted octanol–water partition coefficient (Wildman–Crippen LogP) is 1.81. The highest BCUT2D eigenvalue weighted by Gasteiger charge is 2.31. The average molecular weight is 349 g/mol. The molecule has 1 saturated carbocycles. The number of fused-ring (bicyclic) bond motifs is 1. The number of hydrogen-bond acceptors (Lipinski definition) is 4. The molecule has 3 rings (SSSR count). The molecule has 130 valence electrons. The number of nitrogens with zero attached hydrogens (tertiary/aromatic N) is 1. The van der Waals surface area contributed by atoms with Gasteiger partial charge in [-0.25, -0.2) is 8.42 Å². The Balaban J connectivity index is 1.66. The summed E-state index contributed by atoms with van der Waals surface area (Å²) in [6.07, 6.45) is 6.08. The van der Waals surface area contributed by atoms with Crippen LogP contribution in [0.3, 0.4) is 0 Å². The van der Waals surface area contributed by atoms with Gasteiger partial charge in [-0.1, -0.05) is 31.4 Å². The highest BCUT2D eigenvalue weighted by molar-refractivity contribution is 7.90. The summed E-state index contributed by atoms with van der Waals surface area (Å²) in [6.45, 7) is 2.36. The van der Waals surface area contributed by atoms with E-state index in [4.69, 9.17) is 0 Å². The molecule has 1 aliphatic carbocycles. The van der Waals surface area contributed by atoms with Gasteiger partial charge < -0.3 is 5.32 Å². The summed E-state index contributed by atoms with van der Waals surface area (Å²) in [4.78, 5) is 16.7. The van der Waals surface area contributed by atoms with E-state index < -0.39 is 16.1 Å². The first-order valence-electron chi connectivity index (χ1n) is 8.45. The van der Waals surface area contributed by atoms with E-state index in [9.17, 15) is 13.2 Å². The van der Waals surface area contributed by atoms with Crippen molar-refractivity contribution >= 4 is 21.8 Å². The van der Waals surface area contributed by atoms with E-state index in [-0.39, 0.29) is 16.6 Å². The zero-order valence-electron chi connectivity index (χ0n) is 13.8. The minimum Gasteiger partial charge on any atom is -0.354 e. The van der Waals surface area contributed by atoms with Crippen molar-refractivity contribution in [3.8, 4) is 0 Å². The summed E-state index contributed by atoms with van der Waals surface area (Å²) in [5.74, 6) is 0.621. The second-order valence-electron chi connectivity index (χ2n) is 6.50. The van der Waals surface area contributed by atoms with Gasteiger partial charge in [0.15, 0.2) is 0 Å². The van der Waals surface area contributed by atoms with Crippen molar-refractivity contribution in [2.24, 2.45) is 10.9 Å². The number of carbonyl (C=O) groups is 1. The summed E-state index contributed by atoms with van der Waals surface area (Å²) in [6, 6.07) is 6.01. The Hall–Kier alpha value is -1.89. The number of carbonyl (C=O) groups excluding carboxylic acids is 1. The Morgan fingerprint density at radius 1 is 1.29 bits per heavy atom. The third-order valence-corrected chi connectivity index (χ3v) is 6.05. The van der Waals surface area contributed by atoms with E-state index in [1.807, 2.05) is 0 Å². The topological polar surface area (TPSA) is 87.6 Å². The average Bonchev–Trinajstić information content (AvgIpc) is 2.84. The highest BCUT2D eigenvalue weighted by atomic mass is 32.2. The molecule has 0 radical (unpaired) electrons. The fraction of sp³-hybridized carbons (Fsp3) is 0.529. The Bertz CT molecular complexity index is 752. The van der Waals surface area contributed by atoms with E-state index in [0.29, 0.717) is 18.0 Å². The zero-order chi connectivity index (χ0) is 17.2. The molecule has 1 atom stereocenters. The van der Waals surface area contributed by atoms with E-state index in [1.54, 1.807) is 25.1 Å². The molecule has 1 heterocycles.